The van der Waals surface area contributed by atoms with Crippen molar-refractivity contribution in [2.75, 3.05) is 6.61 Å². The Labute approximate surface area is 67.8 Å². The molecule has 0 saturated carbocycles. The monoisotopic (exact) mass is 174 g/mol. The smallest absolute Gasteiger partial charge is 0.192 e. The van der Waals surface area contributed by atoms with Gasteiger partial charge in [0, 0.05) is 13.2 Å². The summed E-state index contributed by atoms with van der Waals surface area (Å²) in [6, 6.07) is 0. The molecule has 0 aliphatic carbocycles. The first kappa shape index (κ1) is 8.42. The summed E-state index contributed by atoms with van der Waals surface area (Å²) in [5.41, 5.74) is 0. The van der Waals surface area contributed by atoms with Gasteiger partial charge < -0.3 is 0 Å². The lowest BCUT2D eigenvalue weighted by molar-refractivity contribution is 0.371. The molecule has 1 atom stereocenters. The molecule has 1 heterocycles. The molecule has 0 bridgehead atoms. The molecule has 0 spiro atoms. The molecule has 0 aliphatic rings. The number of nitrogens with zero attached hydrogens (tertiary/aromatic N) is 2. The van der Waals surface area contributed by atoms with Crippen LogP contribution in [-0.2, 0) is 22.3 Å². The third-order valence-corrected chi connectivity index (χ3v) is 2.14. The highest BCUT2D eigenvalue weighted by atomic mass is 32.2. The van der Waals surface area contributed by atoms with E-state index in [0.717, 1.165) is 0 Å². The first-order chi connectivity index (χ1) is 5.24. The normalized spacial score (nSPS) is 13.3. The van der Waals surface area contributed by atoms with E-state index in [-0.39, 0.29) is 0 Å². The fourth-order valence-electron chi connectivity index (χ4n) is 0.660. The van der Waals surface area contributed by atoms with Crippen LogP contribution in [0.2, 0.25) is 0 Å². The summed E-state index contributed by atoms with van der Waals surface area (Å²) in [6.45, 7) is 2.25. The van der Waals surface area contributed by atoms with Gasteiger partial charge in [0.25, 0.3) is 0 Å². The Bertz CT molecular complexity index is 259. The fraction of sp³-hybridized carbons (Fsp3) is 0.500. The van der Waals surface area contributed by atoms with Crippen LogP contribution in [-0.4, -0.2) is 20.6 Å². The maximum Gasteiger partial charge on any atom is 0.192 e. The zero-order chi connectivity index (χ0) is 8.27. The average Bonchev–Trinajstić information content (AvgIpc) is 2.36. The topological polar surface area (TPSA) is 44.1 Å². The summed E-state index contributed by atoms with van der Waals surface area (Å²) in [5, 5.41) is 3.86. The molecule has 11 heavy (non-hydrogen) atoms. The zero-order valence-corrected chi connectivity index (χ0v) is 7.30. The minimum atomic E-state index is -1.35. The zero-order valence-electron chi connectivity index (χ0n) is 6.48. The molecule has 62 valence electrons. The van der Waals surface area contributed by atoms with Gasteiger partial charge in [0.15, 0.2) is 11.1 Å². The van der Waals surface area contributed by atoms with Gasteiger partial charge in [0.2, 0.25) is 0 Å². The summed E-state index contributed by atoms with van der Waals surface area (Å²) in [7, 11) is 1.77. The van der Waals surface area contributed by atoms with Gasteiger partial charge in [0.1, 0.15) is 4.90 Å². The van der Waals surface area contributed by atoms with Crippen molar-refractivity contribution in [2.45, 2.75) is 11.8 Å². The molecule has 1 rings (SSSR count). The van der Waals surface area contributed by atoms with Crippen molar-refractivity contribution in [1.82, 2.24) is 9.78 Å². The highest BCUT2D eigenvalue weighted by Crippen LogP contribution is 2.04. The van der Waals surface area contributed by atoms with Crippen LogP contribution in [0.4, 0.5) is 0 Å². The molecule has 0 amide bonds. The molecular formula is C6H10N2O2S. The number of aromatic nitrogens is 2. The Hall–Kier alpha value is -0.680. The van der Waals surface area contributed by atoms with Crippen LogP contribution in [0.25, 0.3) is 0 Å². The first-order valence-corrected chi connectivity index (χ1v) is 4.35. The van der Waals surface area contributed by atoms with Gasteiger partial charge >= 0.3 is 0 Å². The van der Waals surface area contributed by atoms with Crippen molar-refractivity contribution in [3.8, 4) is 0 Å². The maximum absolute atomic E-state index is 11.1. The van der Waals surface area contributed by atoms with E-state index in [2.05, 4.69) is 5.10 Å². The summed E-state index contributed by atoms with van der Waals surface area (Å²) < 4.78 is 17.5. The van der Waals surface area contributed by atoms with Gasteiger partial charge in [-0.2, -0.15) is 5.10 Å². The highest BCUT2D eigenvalue weighted by molar-refractivity contribution is 7.80. The highest BCUT2D eigenvalue weighted by Gasteiger charge is 2.04. The van der Waals surface area contributed by atoms with Gasteiger partial charge in [0.05, 0.1) is 12.8 Å². The summed E-state index contributed by atoms with van der Waals surface area (Å²) in [4.78, 5) is 0.606. The van der Waals surface area contributed by atoms with Crippen molar-refractivity contribution < 1.29 is 8.39 Å². The van der Waals surface area contributed by atoms with Crippen LogP contribution in [0.5, 0.6) is 0 Å². The lowest BCUT2D eigenvalue weighted by Gasteiger charge is -1.94. The average molecular weight is 174 g/mol. The summed E-state index contributed by atoms with van der Waals surface area (Å²) in [6.07, 6.45) is 3.21. The molecule has 0 aromatic carbocycles. The van der Waals surface area contributed by atoms with Crippen molar-refractivity contribution in [1.29, 1.82) is 0 Å². The summed E-state index contributed by atoms with van der Waals surface area (Å²) >= 11 is -1.35. The van der Waals surface area contributed by atoms with Crippen LogP contribution >= 0.6 is 0 Å². The SMILES string of the molecule is CCOS(=O)c1cnn(C)c1. The number of hydrogen-bond donors (Lipinski definition) is 0. The lowest BCUT2D eigenvalue weighted by atomic mass is 10.7. The van der Waals surface area contributed by atoms with E-state index in [1.54, 1.807) is 24.9 Å². The molecular weight excluding hydrogens is 164 g/mol. The Morgan fingerprint density at radius 3 is 3.00 bits per heavy atom. The van der Waals surface area contributed by atoms with Gasteiger partial charge in [-0.15, -0.1) is 0 Å². The van der Waals surface area contributed by atoms with Gasteiger partial charge in [-0.1, -0.05) is 0 Å². The Morgan fingerprint density at radius 2 is 2.55 bits per heavy atom. The summed E-state index contributed by atoms with van der Waals surface area (Å²) in [5.74, 6) is 0. The first-order valence-electron chi connectivity index (χ1n) is 3.27. The van der Waals surface area contributed by atoms with E-state index in [1.165, 1.54) is 6.20 Å². The van der Waals surface area contributed by atoms with Gasteiger partial charge in [-0.3, -0.25) is 8.86 Å². The number of hydrogen-bond acceptors (Lipinski definition) is 3. The van der Waals surface area contributed by atoms with E-state index in [9.17, 15) is 4.21 Å². The Balaban J connectivity index is 2.69. The van der Waals surface area contributed by atoms with Crippen molar-refractivity contribution >= 4 is 11.1 Å². The minimum absolute atomic E-state index is 0.446. The van der Waals surface area contributed by atoms with Gasteiger partial charge in [-0.25, -0.2) is 4.21 Å². The fourth-order valence-corrected chi connectivity index (χ4v) is 1.38. The van der Waals surface area contributed by atoms with E-state index in [4.69, 9.17) is 4.18 Å². The molecule has 0 fully saturated rings. The number of aryl methyl sites for hydroxylation is 1. The van der Waals surface area contributed by atoms with Crippen LogP contribution < -0.4 is 0 Å². The van der Waals surface area contributed by atoms with E-state index < -0.39 is 11.1 Å². The quantitative estimate of drug-likeness (QED) is 0.669. The molecule has 1 aromatic rings. The van der Waals surface area contributed by atoms with E-state index >= 15 is 0 Å². The molecule has 4 nitrogen and oxygen atoms in total. The molecule has 1 unspecified atom stereocenters. The van der Waals surface area contributed by atoms with Crippen molar-refractivity contribution in [3.05, 3.63) is 12.4 Å². The van der Waals surface area contributed by atoms with Crippen LogP contribution in [0.15, 0.2) is 17.3 Å². The predicted molar refractivity (Wildman–Crippen MR) is 41.2 cm³/mol. The molecule has 1 aromatic heterocycles. The van der Waals surface area contributed by atoms with Crippen LogP contribution in [0, 0.1) is 0 Å². The number of rotatable bonds is 3. The minimum Gasteiger partial charge on any atom is -0.287 e. The Morgan fingerprint density at radius 1 is 1.82 bits per heavy atom. The predicted octanol–water partition coefficient (Wildman–Crippen LogP) is 0.479. The van der Waals surface area contributed by atoms with Crippen LogP contribution in [0.3, 0.4) is 0 Å². The second-order valence-electron chi connectivity index (χ2n) is 1.99. The third-order valence-electron chi connectivity index (χ3n) is 1.10. The van der Waals surface area contributed by atoms with E-state index in [0.29, 0.717) is 11.5 Å². The molecule has 0 saturated heterocycles. The van der Waals surface area contributed by atoms with Gasteiger partial charge in [-0.05, 0) is 6.92 Å². The lowest BCUT2D eigenvalue weighted by Crippen LogP contribution is -1.95. The Kier molecular flexibility index (Phi) is 2.78. The molecule has 0 aliphatic heterocycles. The molecule has 0 N–H and O–H groups in total. The molecule has 5 heteroatoms. The van der Waals surface area contributed by atoms with Crippen molar-refractivity contribution in [2.24, 2.45) is 7.05 Å². The van der Waals surface area contributed by atoms with Crippen LogP contribution in [0.1, 0.15) is 6.92 Å². The molecule has 0 radical (unpaired) electrons. The second-order valence-corrected chi connectivity index (χ2v) is 3.17. The van der Waals surface area contributed by atoms with E-state index in [1.807, 2.05) is 0 Å². The standard InChI is InChI=1S/C6H10N2O2S/c1-3-10-11(9)6-4-7-8(2)5-6/h4-5H,3H2,1-2H3. The third kappa shape index (κ3) is 2.13. The second kappa shape index (κ2) is 3.64. The largest absolute Gasteiger partial charge is 0.287 e. The maximum atomic E-state index is 11.1. The van der Waals surface area contributed by atoms with Crippen molar-refractivity contribution in [3.63, 3.8) is 0 Å².